The molecule has 4 rings (SSSR count). The molecule has 0 bridgehead atoms. The van der Waals surface area contributed by atoms with Crippen molar-refractivity contribution in [2.75, 3.05) is 43.0 Å². The Balaban J connectivity index is 1.18. The molecule has 0 spiro atoms. The smallest absolute Gasteiger partial charge is 0.382 e. The van der Waals surface area contributed by atoms with E-state index in [1.807, 2.05) is 9.80 Å². The summed E-state index contributed by atoms with van der Waals surface area (Å²) in [7, 11) is 0. The number of nitrogens with zero attached hydrogens (tertiary/aromatic N) is 3. The minimum Gasteiger partial charge on any atom is -0.382 e. The molecular weight excluding hydrogens is 542 g/mol. The molecule has 0 atom stereocenters. The van der Waals surface area contributed by atoms with Crippen molar-refractivity contribution in [2.24, 2.45) is 0 Å². The maximum Gasteiger partial charge on any atom is 0.417 e. The van der Waals surface area contributed by atoms with Crippen LogP contribution in [0.3, 0.4) is 0 Å². The third-order valence-electron chi connectivity index (χ3n) is 7.13. The van der Waals surface area contributed by atoms with E-state index in [0.29, 0.717) is 43.5 Å². The van der Waals surface area contributed by atoms with Gasteiger partial charge >= 0.3 is 12.4 Å². The molecule has 210 valence electrons. The Morgan fingerprint density at radius 3 is 2.13 bits per heavy atom. The van der Waals surface area contributed by atoms with Gasteiger partial charge in [-0.05, 0) is 68.1 Å². The average molecular weight is 571 g/mol. The second-order valence-corrected chi connectivity index (χ2v) is 10.2. The van der Waals surface area contributed by atoms with Gasteiger partial charge in [0.15, 0.2) is 0 Å². The third kappa shape index (κ3) is 7.54. The highest BCUT2D eigenvalue weighted by atomic mass is 32.1. The van der Waals surface area contributed by atoms with Gasteiger partial charge in [0.2, 0.25) is 0 Å². The minimum atomic E-state index is -4.60. The summed E-state index contributed by atoms with van der Waals surface area (Å²) in [5, 5.41) is 12.1. The van der Waals surface area contributed by atoms with Gasteiger partial charge in [0.1, 0.15) is 4.99 Å². The SMILES string of the molecule is N#Cc1ccc(NC2CCC(OCC(=S)N3CCN(c4ccc(C(F)(F)F)cc4)CC3)CC2)cc1C(F)(F)F. The topological polar surface area (TPSA) is 51.5 Å². The van der Waals surface area contributed by atoms with Crippen molar-refractivity contribution in [3.05, 3.63) is 59.2 Å². The zero-order valence-corrected chi connectivity index (χ0v) is 21.8. The van der Waals surface area contributed by atoms with E-state index < -0.39 is 29.0 Å². The Labute approximate surface area is 228 Å². The lowest BCUT2D eigenvalue weighted by Crippen LogP contribution is -2.49. The normalized spacial score (nSPS) is 20.4. The molecule has 1 saturated heterocycles. The molecule has 0 radical (unpaired) electrons. The Morgan fingerprint density at radius 2 is 1.56 bits per heavy atom. The maximum absolute atomic E-state index is 13.2. The van der Waals surface area contributed by atoms with Gasteiger partial charge in [-0.25, -0.2) is 0 Å². The van der Waals surface area contributed by atoms with E-state index in [9.17, 15) is 26.3 Å². The number of nitriles is 1. The number of anilines is 2. The van der Waals surface area contributed by atoms with E-state index in [4.69, 9.17) is 22.2 Å². The highest BCUT2D eigenvalue weighted by Gasteiger charge is 2.34. The molecule has 2 fully saturated rings. The molecule has 0 aromatic heterocycles. The van der Waals surface area contributed by atoms with Crippen LogP contribution in [0.5, 0.6) is 0 Å². The molecule has 1 aliphatic carbocycles. The number of rotatable bonds is 6. The molecule has 0 unspecified atom stereocenters. The lowest BCUT2D eigenvalue weighted by atomic mass is 9.92. The van der Waals surface area contributed by atoms with Gasteiger partial charge in [0, 0.05) is 43.6 Å². The summed E-state index contributed by atoms with van der Waals surface area (Å²) < 4.78 is 84.1. The van der Waals surface area contributed by atoms with Crippen molar-refractivity contribution in [3.8, 4) is 6.07 Å². The molecule has 2 aromatic carbocycles. The largest absolute Gasteiger partial charge is 0.417 e. The predicted octanol–water partition coefficient (Wildman–Crippen LogP) is 6.49. The molecule has 5 nitrogen and oxygen atoms in total. The number of piperazine rings is 1. The van der Waals surface area contributed by atoms with Crippen molar-refractivity contribution in [2.45, 2.75) is 50.2 Å². The second kappa shape index (κ2) is 12.0. The maximum atomic E-state index is 13.2. The number of hydrogen-bond donors (Lipinski definition) is 1. The van der Waals surface area contributed by atoms with Crippen LogP contribution in [0.15, 0.2) is 42.5 Å². The number of benzene rings is 2. The molecule has 0 amide bonds. The first-order valence-corrected chi connectivity index (χ1v) is 13.0. The zero-order chi connectivity index (χ0) is 28.2. The zero-order valence-electron chi connectivity index (χ0n) is 21.0. The average Bonchev–Trinajstić information content (AvgIpc) is 2.91. The standard InChI is InChI=1S/C27H28F6N4OS/c28-26(29,30)19-2-7-22(8-3-19)36-11-13-37(14-12-36)25(39)17-38-23-9-5-20(6-10-23)35-21-4-1-18(16-34)24(15-21)27(31,32)33/h1-4,7-8,15,20,23,35H,5-6,9-14,17H2. The molecule has 2 aliphatic rings. The monoisotopic (exact) mass is 570 g/mol. The molecule has 12 heteroatoms. The number of hydrogen-bond acceptors (Lipinski definition) is 5. The fourth-order valence-electron chi connectivity index (χ4n) is 4.93. The number of ether oxygens (including phenoxy) is 1. The number of alkyl halides is 6. The number of thiocarbonyl (C=S) groups is 1. The molecule has 1 heterocycles. The fourth-order valence-corrected chi connectivity index (χ4v) is 5.18. The van der Waals surface area contributed by atoms with E-state index in [1.54, 1.807) is 6.07 Å². The van der Waals surface area contributed by atoms with Crippen molar-refractivity contribution in [1.82, 2.24) is 4.90 Å². The Morgan fingerprint density at radius 1 is 0.923 bits per heavy atom. The van der Waals surface area contributed by atoms with Gasteiger partial charge in [-0.15, -0.1) is 0 Å². The highest BCUT2D eigenvalue weighted by Crippen LogP contribution is 2.35. The summed E-state index contributed by atoms with van der Waals surface area (Å²) in [5.74, 6) is 0. The van der Waals surface area contributed by atoms with Crippen molar-refractivity contribution < 1.29 is 31.1 Å². The van der Waals surface area contributed by atoms with E-state index in [1.165, 1.54) is 24.3 Å². The van der Waals surface area contributed by atoms with Crippen LogP contribution in [0.4, 0.5) is 37.7 Å². The van der Waals surface area contributed by atoms with E-state index >= 15 is 0 Å². The van der Waals surface area contributed by atoms with Gasteiger partial charge in [-0.2, -0.15) is 31.6 Å². The first-order valence-electron chi connectivity index (χ1n) is 12.6. The summed E-state index contributed by atoms with van der Waals surface area (Å²) in [5.41, 5.74) is -0.936. The van der Waals surface area contributed by atoms with Crippen LogP contribution in [-0.4, -0.2) is 54.8 Å². The van der Waals surface area contributed by atoms with Crippen LogP contribution in [0.25, 0.3) is 0 Å². The summed E-state index contributed by atoms with van der Waals surface area (Å²) in [4.78, 5) is 4.76. The predicted molar refractivity (Wildman–Crippen MR) is 140 cm³/mol. The van der Waals surface area contributed by atoms with Gasteiger partial charge in [0.05, 0.1) is 35.5 Å². The molecule has 2 aromatic rings. The lowest BCUT2D eigenvalue weighted by Gasteiger charge is -2.38. The number of halogens is 6. The summed E-state index contributed by atoms with van der Waals surface area (Å²) in [6, 6.07) is 10.4. The summed E-state index contributed by atoms with van der Waals surface area (Å²) in [6.07, 6.45) is -6.02. The quantitative estimate of drug-likeness (QED) is 0.317. The lowest BCUT2D eigenvalue weighted by molar-refractivity contribution is -0.138. The van der Waals surface area contributed by atoms with E-state index in [0.717, 1.165) is 49.6 Å². The van der Waals surface area contributed by atoms with Crippen molar-refractivity contribution in [1.29, 1.82) is 5.26 Å². The van der Waals surface area contributed by atoms with E-state index in [-0.39, 0.29) is 12.1 Å². The summed E-state index contributed by atoms with van der Waals surface area (Å²) >= 11 is 5.56. The summed E-state index contributed by atoms with van der Waals surface area (Å²) in [6.45, 7) is 2.85. The Bertz CT molecular complexity index is 1180. The molecular formula is C27H28F6N4OS. The second-order valence-electron chi connectivity index (χ2n) is 9.71. The molecule has 1 aliphatic heterocycles. The van der Waals surface area contributed by atoms with Crippen molar-refractivity contribution in [3.63, 3.8) is 0 Å². The fraction of sp³-hybridized carbons (Fsp3) is 0.481. The minimum absolute atomic E-state index is 0.00105. The third-order valence-corrected chi connectivity index (χ3v) is 7.50. The van der Waals surface area contributed by atoms with Crippen LogP contribution in [0.1, 0.15) is 42.4 Å². The van der Waals surface area contributed by atoms with Gasteiger partial charge < -0.3 is 19.9 Å². The Kier molecular flexibility index (Phi) is 8.91. The van der Waals surface area contributed by atoms with Crippen LogP contribution >= 0.6 is 12.2 Å². The van der Waals surface area contributed by atoms with Crippen LogP contribution in [0, 0.1) is 11.3 Å². The van der Waals surface area contributed by atoms with Crippen LogP contribution in [0.2, 0.25) is 0 Å². The molecule has 1 N–H and O–H groups in total. The highest BCUT2D eigenvalue weighted by molar-refractivity contribution is 7.80. The molecule has 39 heavy (non-hydrogen) atoms. The van der Waals surface area contributed by atoms with Gasteiger partial charge in [-0.1, -0.05) is 12.2 Å². The van der Waals surface area contributed by atoms with Crippen molar-refractivity contribution >= 4 is 28.6 Å². The van der Waals surface area contributed by atoms with Crippen LogP contribution in [-0.2, 0) is 17.1 Å². The first kappa shape index (κ1) is 29.0. The van der Waals surface area contributed by atoms with Gasteiger partial charge in [0.25, 0.3) is 0 Å². The van der Waals surface area contributed by atoms with Crippen LogP contribution < -0.4 is 10.2 Å². The number of nitrogens with one attached hydrogen (secondary N) is 1. The van der Waals surface area contributed by atoms with Gasteiger partial charge in [-0.3, -0.25) is 0 Å². The first-order chi connectivity index (χ1) is 18.4. The van der Waals surface area contributed by atoms with E-state index in [2.05, 4.69) is 5.32 Å². The molecule has 1 saturated carbocycles. The Hall–Kier alpha value is -3.04.